The predicted molar refractivity (Wildman–Crippen MR) is 35.6 cm³/mol. The van der Waals surface area contributed by atoms with E-state index in [4.69, 9.17) is 0 Å². The SMILES string of the molecule is O=CC(Br)(Br)Br.[V]. The molecule has 0 aromatic rings. The summed E-state index contributed by atoms with van der Waals surface area (Å²) in [5.41, 5.74) is 0. The molecule has 0 N–H and O–H groups in total. The van der Waals surface area contributed by atoms with Crippen molar-refractivity contribution in [3.63, 3.8) is 0 Å². The van der Waals surface area contributed by atoms with Gasteiger partial charge in [0.25, 0.3) is 0 Å². The van der Waals surface area contributed by atoms with Gasteiger partial charge in [0.2, 0.25) is 0 Å². The van der Waals surface area contributed by atoms with Gasteiger partial charge >= 0.3 is 0 Å². The molecule has 0 fully saturated rings. The molecule has 0 bridgehead atoms. The molecule has 1 nitrogen and oxygen atoms in total. The van der Waals surface area contributed by atoms with Gasteiger partial charge in [0, 0.05) is 18.6 Å². The number of carbonyl (C=O) groups excluding carboxylic acids is 1. The van der Waals surface area contributed by atoms with Crippen LogP contribution in [0.1, 0.15) is 0 Å². The first-order valence-corrected chi connectivity index (χ1v) is 3.47. The number of halogens is 3. The van der Waals surface area contributed by atoms with Crippen LogP contribution >= 0.6 is 47.8 Å². The summed E-state index contributed by atoms with van der Waals surface area (Å²) in [4.78, 5) is 9.69. The van der Waals surface area contributed by atoms with E-state index >= 15 is 0 Å². The van der Waals surface area contributed by atoms with Gasteiger partial charge in [-0.2, -0.15) is 0 Å². The summed E-state index contributed by atoms with van der Waals surface area (Å²) < 4.78 is -0.701. The summed E-state index contributed by atoms with van der Waals surface area (Å²) in [6, 6.07) is 0. The zero-order valence-corrected chi connectivity index (χ0v) is 9.22. The molecule has 0 aliphatic rings. The molecule has 1 radical (unpaired) electrons. The van der Waals surface area contributed by atoms with Crippen molar-refractivity contribution in [2.75, 3.05) is 0 Å². The van der Waals surface area contributed by atoms with Crippen molar-refractivity contribution in [1.29, 1.82) is 0 Å². The molecule has 0 unspecified atom stereocenters. The number of aldehydes is 1. The number of hydrogen-bond donors (Lipinski definition) is 0. The molecule has 0 rings (SSSR count). The number of hydrogen-bond acceptors (Lipinski definition) is 1. The monoisotopic (exact) mass is 329 g/mol. The van der Waals surface area contributed by atoms with E-state index in [1.165, 1.54) is 0 Å². The van der Waals surface area contributed by atoms with Crippen molar-refractivity contribution in [1.82, 2.24) is 0 Å². The maximum absolute atomic E-state index is 9.69. The third kappa shape index (κ3) is 11.3. The van der Waals surface area contributed by atoms with Crippen molar-refractivity contribution in [2.45, 2.75) is 2.14 Å². The summed E-state index contributed by atoms with van der Waals surface area (Å²) in [5.74, 6) is 0. The first kappa shape index (κ1) is 11.5. The van der Waals surface area contributed by atoms with Gasteiger partial charge in [-0.1, -0.05) is 47.8 Å². The Balaban J connectivity index is 0. The second kappa shape index (κ2) is 4.56. The largest absolute Gasteiger partial charge is 0.300 e. The Morgan fingerprint density at radius 1 is 1.29 bits per heavy atom. The van der Waals surface area contributed by atoms with Crippen LogP contribution in [-0.4, -0.2) is 8.43 Å². The number of alkyl halides is 3. The maximum Gasteiger partial charge on any atom is 0.189 e. The number of carbonyl (C=O) groups is 1. The molecule has 0 aliphatic heterocycles. The van der Waals surface area contributed by atoms with Gasteiger partial charge in [0.1, 0.15) is 0 Å². The maximum atomic E-state index is 9.69. The van der Waals surface area contributed by atoms with Crippen LogP contribution in [0.5, 0.6) is 0 Å². The fourth-order valence-electron chi connectivity index (χ4n) is 0. The van der Waals surface area contributed by atoms with E-state index < -0.39 is 2.14 Å². The third-order valence-electron chi connectivity index (χ3n) is 0.134. The molecule has 41 valence electrons. The van der Waals surface area contributed by atoms with Crippen molar-refractivity contribution < 1.29 is 23.4 Å². The summed E-state index contributed by atoms with van der Waals surface area (Å²) in [6.07, 6.45) is 0.688. The molecule has 0 atom stereocenters. The fourth-order valence-corrected chi connectivity index (χ4v) is 0. The Bertz CT molecular complexity index is 58.4. The third-order valence-corrected chi connectivity index (χ3v) is 0.694. The van der Waals surface area contributed by atoms with Crippen LogP contribution in [0.25, 0.3) is 0 Å². The van der Waals surface area contributed by atoms with E-state index in [-0.39, 0.29) is 18.6 Å². The Morgan fingerprint density at radius 3 is 1.43 bits per heavy atom. The van der Waals surface area contributed by atoms with Crippen LogP contribution in [0, 0.1) is 0 Å². The van der Waals surface area contributed by atoms with E-state index in [0.29, 0.717) is 6.29 Å². The molecule has 0 spiro atoms. The van der Waals surface area contributed by atoms with Gasteiger partial charge in [-0.25, -0.2) is 0 Å². The van der Waals surface area contributed by atoms with Gasteiger partial charge in [0.15, 0.2) is 8.43 Å². The molecule has 5 heteroatoms. The van der Waals surface area contributed by atoms with E-state index in [1.807, 2.05) is 0 Å². The predicted octanol–water partition coefficient (Wildman–Crippen LogP) is 2.02. The minimum absolute atomic E-state index is 0. The average molecular weight is 332 g/mol. The molecular formula is C2HBr3OV. The molecule has 0 aliphatic carbocycles. The van der Waals surface area contributed by atoms with Gasteiger partial charge < -0.3 is 0 Å². The molecular weight excluding hydrogens is 331 g/mol. The van der Waals surface area contributed by atoms with Crippen LogP contribution in [0.15, 0.2) is 0 Å². The molecule has 0 saturated heterocycles. The van der Waals surface area contributed by atoms with E-state index in [2.05, 4.69) is 47.8 Å². The first-order chi connectivity index (χ1) is 2.56. The van der Waals surface area contributed by atoms with Crippen molar-refractivity contribution in [2.24, 2.45) is 0 Å². The zero-order valence-electron chi connectivity index (χ0n) is 3.07. The van der Waals surface area contributed by atoms with Crippen LogP contribution in [0.2, 0.25) is 0 Å². The molecule has 0 amide bonds. The Morgan fingerprint density at radius 2 is 1.43 bits per heavy atom. The van der Waals surface area contributed by atoms with Gasteiger partial charge in [-0.3, -0.25) is 4.79 Å². The smallest absolute Gasteiger partial charge is 0.189 e. The van der Waals surface area contributed by atoms with Crippen LogP contribution in [-0.2, 0) is 23.4 Å². The molecule has 0 aromatic carbocycles. The van der Waals surface area contributed by atoms with Gasteiger partial charge in [-0.05, 0) is 0 Å². The minimum atomic E-state index is -0.701. The molecule has 0 saturated carbocycles. The fraction of sp³-hybridized carbons (Fsp3) is 0.500. The average Bonchev–Trinajstić information content (AvgIpc) is 1.35. The minimum Gasteiger partial charge on any atom is -0.300 e. The van der Waals surface area contributed by atoms with Crippen molar-refractivity contribution in [3.8, 4) is 0 Å². The quantitative estimate of drug-likeness (QED) is 0.490. The summed E-state index contributed by atoms with van der Waals surface area (Å²) in [7, 11) is 0. The summed E-state index contributed by atoms with van der Waals surface area (Å²) in [6.45, 7) is 0. The van der Waals surface area contributed by atoms with Crippen LogP contribution < -0.4 is 0 Å². The summed E-state index contributed by atoms with van der Waals surface area (Å²) >= 11 is 8.83. The van der Waals surface area contributed by atoms with Crippen molar-refractivity contribution >= 4 is 54.1 Å². The standard InChI is InChI=1S/C2HBr3O.V/c3-2(4,5)1-6;/h1H;. The summed E-state index contributed by atoms with van der Waals surface area (Å²) in [5, 5.41) is 0. The molecule has 0 aromatic heterocycles. The van der Waals surface area contributed by atoms with Gasteiger partial charge in [-0.15, -0.1) is 0 Å². The number of rotatable bonds is 0. The van der Waals surface area contributed by atoms with Crippen LogP contribution in [0.4, 0.5) is 0 Å². The first-order valence-electron chi connectivity index (χ1n) is 1.09. The molecule has 7 heavy (non-hydrogen) atoms. The van der Waals surface area contributed by atoms with Crippen LogP contribution in [0.3, 0.4) is 0 Å². The Labute approximate surface area is 78.9 Å². The zero-order chi connectivity index (χ0) is 5.21. The second-order valence-corrected chi connectivity index (χ2v) is 7.60. The van der Waals surface area contributed by atoms with Crippen molar-refractivity contribution in [3.05, 3.63) is 0 Å². The van der Waals surface area contributed by atoms with E-state index in [0.717, 1.165) is 0 Å². The van der Waals surface area contributed by atoms with Gasteiger partial charge in [0.05, 0.1) is 0 Å². The van der Waals surface area contributed by atoms with E-state index in [9.17, 15) is 4.79 Å². The normalized spacial score (nSPS) is 9.57. The molecule has 0 heterocycles. The Hall–Kier alpha value is 1.69. The topological polar surface area (TPSA) is 17.1 Å². The Kier molecular flexibility index (Phi) is 7.48. The van der Waals surface area contributed by atoms with E-state index in [1.54, 1.807) is 0 Å². The second-order valence-electron chi connectivity index (χ2n) is 0.659.